The van der Waals surface area contributed by atoms with Gasteiger partial charge in [-0.1, -0.05) is 62.4 Å². The van der Waals surface area contributed by atoms with Crippen molar-refractivity contribution in [2.45, 2.75) is 40.0 Å². The summed E-state index contributed by atoms with van der Waals surface area (Å²) in [6.07, 6.45) is 5.52. The van der Waals surface area contributed by atoms with Crippen LogP contribution in [0.2, 0.25) is 0 Å². The number of benzene rings is 2. The second-order valence-electron chi connectivity index (χ2n) is 10.5. The molecule has 0 atom stereocenters. The fourth-order valence-electron chi connectivity index (χ4n) is 4.31. The van der Waals surface area contributed by atoms with Crippen molar-refractivity contribution in [1.29, 1.82) is 0 Å². The number of carbonyl (C=O) groups excluding carboxylic acids is 1. The molecule has 0 aliphatic heterocycles. The second-order valence-corrected chi connectivity index (χ2v) is 10.5. The maximum absolute atomic E-state index is 13.2. The van der Waals surface area contributed by atoms with E-state index in [0.717, 1.165) is 33.9 Å². The van der Waals surface area contributed by atoms with Crippen molar-refractivity contribution in [2.75, 3.05) is 5.32 Å². The van der Waals surface area contributed by atoms with Gasteiger partial charge in [-0.25, -0.2) is 9.67 Å². The van der Waals surface area contributed by atoms with Crippen molar-refractivity contribution in [3.05, 3.63) is 95.6 Å². The molecule has 0 spiro atoms. The summed E-state index contributed by atoms with van der Waals surface area (Å²) < 4.78 is 3.73. The molecule has 3 aromatic heterocycles. The van der Waals surface area contributed by atoms with E-state index in [4.69, 9.17) is 0 Å². The Bertz CT molecular complexity index is 1620. The molecule has 0 radical (unpaired) electrons. The van der Waals surface area contributed by atoms with Gasteiger partial charge in [0.05, 0.1) is 29.3 Å². The lowest BCUT2D eigenvalue weighted by Crippen LogP contribution is -2.18. The number of aryl methyl sites for hydroxylation is 2. The van der Waals surface area contributed by atoms with Crippen LogP contribution in [0.25, 0.3) is 28.5 Å². The summed E-state index contributed by atoms with van der Waals surface area (Å²) in [5, 5.41) is 11.8. The zero-order valence-electron chi connectivity index (χ0n) is 22.5. The number of hydrogen-bond donors (Lipinski definition) is 1. The first-order valence-corrected chi connectivity index (χ1v) is 12.5. The predicted octanol–water partition coefficient (Wildman–Crippen LogP) is 5.90. The summed E-state index contributed by atoms with van der Waals surface area (Å²) in [5.41, 5.74) is 7.25. The normalized spacial score (nSPS) is 11.5. The molecule has 0 unspecified atom stereocenters. The summed E-state index contributed by atoms with van der Waals surface area (Å²) in [7, 11) is 1.97. The summed E-state index contributed by atoms with van der Waals surface area (Å²) in [5.74, 6) is 0.662. The molecule has 0 saturated carbocycles. The highest BCUT2D eigenvalue weighted by molar-refractivity contribution is 6.05. The molecule has 3 heterocycles. The number of amides is 1. The van der Waals surface area contributed by atoms with E-state index in [0.29, 0.717) is 22.6 Å². The van der Waals surface area contributed by atoms with E-state index in [1.165, 1.54) is 0 Å². The van der Waals surface area contributed by atoms with Crippen molar-refractivity contribution < 1.29 is 4.79 Å². The van der Waals surface area contributed by atoms with Gasteiger partial charge in [-0.15, -0.1) is 5.10 Å². The van der Waals surface area contributed by atoms with Crippen LogP contribution >= 0.6 is 0 Å². The second kappa shape index (κ2) is 9.70. The Balaban J connectivity index is 1.42. The zero-order chi connectivity index (χ0) is 27.0. The smallest absolute Gasteiger partial charge is 0.257 e. The minimum absolute atomic E-state index is 0.104. The van der Waals surface area contributed by atoms with Crippen molar-refractivity contribution in [3.8, 4) is 28.5 Å². The Morgan fingerprint density at radius 1 is 0.947 bits per heavy atom. The van der Waals surface area contributed by atoms with Crippen LogP contribution in [-0.4, -0.2) is 35.4 Å². The number of aromatic nitrogens is 6. The van der Waals surface area contributed by atoms with Crippen LogP contribution in [0, 0.1) is 13.8 Å². The molecule has 38 heavy (non-hydrogen) atoms. The van der Waals surface area contributed by atoms with Crippen molar-refractivity contribution in [1.82, 2.24) is 29.5 Å². The Hall–Kier alpha value is -4.59. The van der Waals surface area contributed by atoms with E-state index in [-0.39, 0.29) is 11.3 Å². The Morgan fingerprint density at radius 2 is 1.71 bits per heavy atom. The number of carbonyl (C=O) groups is 1. The highest BCUT2D eigenvalue weighted by Crippen LogP contribution is 2.27. The molecule has 1 N–H and O–H groups in total. The van der Waals surface area contributed by atoms with Crippen LogP contribution in [0.15, 0.2) is 73.2 Å². The van der Waals surface area contributed by atoms with E-state index in [9.17, 15) is 4.79 Å². The van der Waals surface area contributed by atoms with E-state index >= 15 is 0 Å². The third-order valence-corrected chi connectivity index (χ3v) is 6.69. The molecule has 192 valence electrons. The molecular formula is C30H31N7O. The summed E-state index contributed by atoms with van der Waals surface area (Å²) in [4.78, 5) is 22.3. The highest BCUT2D eigenvalue weighted by atomic mass is 16.1. The van der Waals surface area contributed by atoms with Gasteiger partial charge in [0.25, 0.3) is 5.91 Å². The molecule has 0 fully saturated rings. The maximum atomic E-state index is 13.2. The molecule has 8 nitrogen and oxygen atoms in total. The molecule has 0 bridgehead atoms. The zero-order valence-corrected chi connectivity index (χ0v) is 22.5. The van der Waals surface area contributed by atoms with Gasteiger partial charge in [0.2, 0.25) is 0 Å². The first kappa shape index (κ1) is 25.1. The summed E-state index contributed by atoms with van der Waals surface area (Å²) in [6, 6.07) is 17.7. The Labute approximate surface area is 222 Å². The molecule has 2 aromatic carbocycles. The average molecular weight is 506 g/mol. The van der Waals surface area contributed by atoms with Crippen molar-refractivity contribution in [2.24, 2.45) is 7.05 Å². The van der Waals surface area contributed by atoms with Gasteiger partial charge in [-0.2, -0.15) is 0 Å². The molecule has 0 aliphatic carbocycles. The molecule has 5 aromatic rings. The van der Waals surface area contributed by atoms with Gasteiger partial charge in [0, 0.05) is 30.2 Å². The molecule has 0 aliphatic rings. The van der Waals surface area contributed by atoms with Gasteiger partial charge in [-0.05, 0) is 48.6 Å². The highest BCUT2D eigenvalue weighted by Gasteiger charge is 2.19. The third-order valence-electron chi connectivity index (χ3n) is 6.69. The number of nitrogens with one attached hydrogen (secondary N) is 1. The first-order chi connectivity index (χ1) is 18.1. The van der Waals surface area contributed by atoms with Crippen LogP contribution < -0.4 is 5.32 Å². The van der Waals surface area contributed by atoms with Crippen molar-refractivity contribution >= 4 is 11.6 Å². The maximum Gasteiger partial charge on any atom is 0.257 e. The third kappa shape index (κ3) is 4.85. The van der Waals surface area contributed by atoms with Gasteiger partial charge in [0.15, 0.2) is 0 Å². The summed E-state index contributed by atoms with van der Waals surface area (Å²) in [6.45, 7) is 10.2. The minimum atomic E-state index is -0.196. The lowest BCUT2D eigenvalue weighted by Gasteiger charge is -2.20. The monoisotopic (exact) mass is 505 g/mol. The Morgan fingerprint density at radius 3 is 2.45 bits per heavy atom. The van der Waals surface area contributed by atoms with Crippen LogP contribution in [-0.2, 0) is 12.5 Å². The fourth-order valence-corrected chi connectivity index (χ4v) is 4.31. The number of rotatable bonds is 5. The van der Waals surface area contributed by atoms with Gasteiger partial charge < -0.3 is 9.88 Å². The Kier molecular flexibility index (Phi) is 6.40. The molecule has 0 saturated heterocycles. The molecule has 8 heteroatoms. The van der Waals surface area contributed by atoms with Crippen LogP contribution in [0.1, 0.15) is 48.0 Å². The minimum Gasteiger partial charge on any atom is -0.326 e. The van der Waals surface area contributed by atoms with Crippen LogP contribution in [0.3, 0.4) is 0 Å². The number of nitrogens with zero attached hydrogens (tertiary/aromatic N) is 6. The fraction of sp³-hybridized carbons (Fsp3) is 0.233. The quantitative estimate of drug-likeness (QED) is 0.321. The van der Waals surface area contributed by atoms with Gasteiger partial charge in [0.1, 0.15) is 11.5 Å². The number of hydrogen-bond acceptors (Lipinski definition) is 5. The topological polar surface area (TPSA) is 90.5 Å². The summed E-state index contributed by atoms with van der Waals surface area (Å²) >= 11 is 0. The predicted molar refractivity (Wildman–Crippen MR) is 149 cm³/mol. The largest absolute Gasteiger partial charge is 0.326 e. The van der Waals surface area contributed by atoms with E-state index < -0.39 is 0 Å². The van der Waals surface area contributed by atoms with E-state index in [1.54, 1.807) is 4.68 Å². The lowest BCUT2D eigenvalue weighted by molar-refractivity contribution is 0.102. The van der Waals surface area contributed by atoms with Gasteiger partial charge in [-0.3, -0.25) is 9.78 Å². The molecule has 5 rings (SSSR count). The van der Waals surface area contributed by atoms with E-state index in [2.05, 4.69) is 46.4 Å². The first-order valence-electron chi connectivity index (χ1n) is 12.5. The number of imidazole rings is 1. The van der Waals surface area contributed by atoms with Crippen LogP contribution in [0.4, 0.5) is 5.69 Å². The number of pyridine rings is 1. The molecular weight excluding hydrogens is 474 g/mol. The molecule has 1 amide bonds. The van der Waals surface area contributed by atoms with Crippen molar-refractivity contribution in [3.63, 3.8) is 0 Å². The van der Waals surface area contributed by atoms with Crippen LogP contribution in [0.5, 0.6) is 0 Å². The standard InChI is InChI=1S/C30H31N7O/c1-19-12-13-23(33-29(38)24-14-22(30(3,4)5)16-31-20(24)2)15-26(19)37-18-25(34-35-37)27-17-32-28(36(27)6)21-10-8-7-9-11-21/h7-18H,1-6H3,(H,33,38). The average Bonchev–Trinajstić information content (AvgIpc) is 3.52. The van der Waals surface area contributed by atoms with Gasteiger partial charge >= 0.3 is 0 Å². The number of anilines is 1. The SMILES string of the molecule is Cc1ccc(NC(=O)c2cc(C(C)(C)C)cnc2C)cc1-n1cc(-c2cnc(-c3ccccc3)n2C)nn1. The lowest BCUT2D eigenvalue weighted by atomic mass is 9.87. The van der Waals surface area contributed by atoms with E-state index in [1.807, 2.05) is 98.7 Å².